The van der Waals surface area contributed by atoms with Crippen LogP contribution in [0.25, 0.3) is 0 Å². The van der Waals surface area contributed by atoms with E-state index < -0.39 is 0 Å². The van der Waals surface area contributed by atoms with Gasteiger partial charge in [0.15, 0.2) is 0 Å². The summed E-state index contributed by atoms with van der Waals surface area (Å²) in [5, 5.41) is 0. The average molecular weight is 192 g/mol. The smallest absolute Gasteiger partial charge is 0.0503 e. The lowest BCUT2D eigenvalue weighted by molar-refractivity contribution is 0.387. The summed E-state index contributed by atoms with van der Waals surface area (Å²) >= 11 is 0. The Hall–Kier alpha value is -1.05. The van der Waals surface area contributed by atoms with E-state index in [0.717, 1.165) is 5.69 Å². The maximum Gasteiger partial charge on any atom is 0.0503 e. The summed E-state index contributed by atoms with van der Waals surface area (Å²) < 4.78 is 0. The van der Waals surface area contributed by atoms with Gasteiger partial charge < -0.3 is 5.73 Å². The van der Waals surface area contributed by atoms with Crippen molar-refractivity contribution in [1.29, 1.82) is 0 Å². The van der Waals surface area contributed by atoms with Crippen molar-refractivity contribution in [3.63, 3.8) is 0 Å². The number of nitrogens with two attached hydrogens (primary N) is 1. The van der Waals surface area contributed by atoms with Gasteiger partial charge in [-0.2, -0.15) is 0 Å². The van der Waals surface area contributed by atoms with Gasteiger partial charge in [-0.25, -0.2) is 0 Å². The molecule has 2 nitrogen and oxygen atoms in total. The van der Waals surface area contributed by atoms with Crippen LogP contribution in [0.1, 0.15) is 39.2 Å². The molecule has 0 radical (unpaired) electrons. The van der Waals surface area contributed by atoms with Crippen molar-refractivity contribution in [3.05, 3.63) is 24.0 Å². The number of pyridine rings is 1. The van der Waals surface area contributed by atoms with Crippen molar-refractivity contribution < 1.29 is 0 Å². The molecule has 0 unspecified atom stereocenters. The molecule has 0 aromatic carbocycles. The minimum atomic E-state index is 0.547. The minimum absolute atomic E-state index is 0.547. The van der Waals surface area contributed by atoms with E-state index in [4.69, 9.17) is 5.73 Å². The second kappa shape index (κ2) is 4.45. The molecule has 1 rings (SSSR count). The first-order valence-corrected chi connectivity index (χ1v) is 5.22. The SMILES string of the molecule is CC(C)C(c1cncc(N)c1)C(C)C. The molecule has 0 aliphatic rings. The van der Waals surface area contributed by atoms with Crippen LogP contribution in [0.3, 0.4) is 0 Å². The Kier molecular flexibility index (Phi) is 3.50. The monoisotopic (exact) mass is 192 g/mol. The Bertz CT molecular complexity index is 284. The van der Waals surface area contributed by atoms with E-state index in [1.165, 1.54) is 5.56 Å². The van der Waals surface area contributed by atoms with Crippen LogP contribution in [0.15, 0.2) is 18.5 Å². The Morgan fingerprint density at radius 1 is 1.07 bits per heavy atom. The molecule has 0 bridgehead atoms. The second-order valence-electron chi connectivity index (χ2n) is 4.57. The predicted octanol–water partition coefficient (Wildman–Crippen LogP) is 3.06. The summed E-state index contributed by atoms with van der Waals surface area (Å²) in [6, 6.07) is 2.04. The van der Waals surface area contributed by atoms with Crippen LogP contribution >= 0.6 is 0 Å². The Morgan fingerprint density at radius 2 is 1.64 bits per heavy atom. The molecular formula is C12H20N2. The summed E-state index contributed by atoms with van der Waals surface area (Å²) in [7, 11) is 0. The lowest BCUT2D eigenvalue weighted by atomic mass is 9.81. The molecule has 2 N–H and O–H groups in total. The molecule has 1 aromatic heterocycles. The first-order chi connectivity index (χ1) is 6.52. The highest BCUT2D eigenvalue weighted by atomic mass is 14.7. The van der Waals surface area contributed by atoms with Crippen LogP contribution in [-0.4, -0.2) is 4.98 Å². The first-order valence-electron chi connectivity index (χ1n) is 5.22. The molecule has 0 fully saturated rings. The number of nitrogens with zero attached hydrogens (tertiary/aromatic N) is 1. The molecule has 1 aromatic rings. The molecule has 0 atom stereocenters. The standard InChI is InChI=1S/C12H20N2/c1-8(2)12(9(3)4)10-5-11(13)7-14-6-10/h5-9,12H,13H2,1-4H3. The van der Waals surface area contributed by atoms with E-state index in [1.54, 1.807) is 6.20 Å². The first kappa shape index (κ1) is 11.0. The van der Waals surface area contributed by atoms with E-state index in [1.807, 2.05) is 12.3 Å². The maximum atomic E-state index is 5.73. The highest BCUT2D eigenvalue weighted by molar-refractivity contribution is 5.38. The zero-order chi connectivity index (χ0) is 10.7. The number of hydrogen-bond donors (Lipinski definition) is 1. The fourth-order valence-electron chi connectivity index (χ4n) is 2.20. The number of anilines is 1. The number of rotatable bonds is 3. The molecule has 0 aliphatic heterocycles. The van der Waals surface area contributed by atoms with Gasteiger partial charge in [-0.3, -0.25) is 4.98 Å². The topological polar surface area (TPSA) is 38.9 Å². The third-order valence-corrected chi connectivity index (χ3v) is 2.60. The second-order valence-corrected chi connectivity index (χ2v) is 4.57. The van der Waals surface area contributed by atoms with Crippen molar-refractivity contribution in [3.8, 4) is 0 Å². The normalized spacial score (nSPS) is 11.6. The zero-order valence-corrected chi connectivity index (χ0v) is 9.49. The largest absolute Gasteiger partial charge is 0.397 e. The Balaban J connectivity index is 2.99. The zero-order valence-electron chi connectivity index (χ0n) is 9.49. The van der Waals surface area contributed by atoms with Crippen molar-refractivity contribution in [1.82, 2.24) is 4.98 Å². The maximum absolute atomic E-state index is 5.73. The quantitative estimate of drug-likeness (QED) is 0.799. The van der Waals surface area contributed by atoms with Crippen molar-refractivity contribution >= 4 is 5.69 Å². The summed E-state index contributed by atoms with van der Waals surface area (Å²) in [6.45, 7) is 8.98. The van der Waals surface area contributed by atoms with E-state index in [-0.39, 0.29) is 0 Å². The summed E-state index contributed by atoms with van der Waals surface area (Å²) in [5.74, 6) is 1.79. The average Bonchev–Trinajstić information content (AvgIpc) is 2.02. The molecular weight excluding hydrogens is 172 g/mol. The predicted molar refractivity (Wildman–Crippen MR) is 61.1 cm³/mol. The number of nitrogen functional groups attached to an aromatic ring is 1. The number of aromatic nitrogens is 1. The van der Waals surface area contributed by atoms with Gasteiger partial charge in [-0.15, -0.1) is 0 Å². The molecule has 0 amide bonds. The lowest BCUT2D eigenvalue weighted by Crippen LogP contribution is -2.13. The Labute approximate surface area is 86.5 Å². The number of hydrogen-bond acceptors (Lipinski definition) is 2. The third-order valence-electron chi connectivity index (χ3n) is 2.60. The van der Waals surface area contributed by atoms with Crippen molar-refractivity contribution in [2.45, 2.75) is 33.6 Å². The van der Waals surface area contributed by atoms with E-state index in [9.17, 15) is 0 Å². The summed E-state index contributed by atoms with van der Waals surface area (Å²) in [4.78, 5) is 4.14. The molecule has 0 spiro atoms. The minimum Gasteiger partial charge on any atom is -0.397 e. The van der Waals surface area contributed by atoms with Crippen LogP contribution in [-0.2, 0) is 0 Å². The lowest BCUT2D eigenvalue weighted by Gasteiger charge is -2.25. The molecule has 0 aliphatic carbocycles. The van der Waals surface area contributed by atoms with Gasteiger partial charge in [0, 0.05) is 12.4 Å². The van der Waals surface area contributed by atoms with Crippen LogP contribution in [0, 0.1) is 11.8 Å². The van der Waals surface area contributed by atoms with Crippen LogP contribution < -0.4 is 5.73 Å². The summed E-state index contributed by atoms with van der Waals surface area (Å²) in [5.41, 5.74) is 7.75. The van der Waals surface area contributed by atoms with Gasteiger partial charge in [-0.05, 0) is 29.4 Å². The molecule has 2 heteroatoms. The highest BCUT2D eigenvalue weighted by Crippen LogP contribution is 2.31. The van der Waals surface area contributed by atoms with E-state index >= 15 is 0 Å². The Morgan fingerprint density at radius 3 is 2.07 bits per heavy atom. The summed E-state index contributed by atoms with van der Waals surface area (Å²) in [6.07, 6.45) is 3.63. The van der Waals surface area contributed by atoms with Gasteiger partial charge >= 0.3 is 0 Å². The highest BCUT2D eigenvalue weighted by Gasteiger charge is 2.19. The molecule has 0 saturated heterocycles. The van der Waals surface area contributed by atoms with Crippen LogP contribution in [0.5, 0.6) is 0 Å². The van der Waals surface area contributed by atoms with Crippen LogP contribution in [0.4, 0.5) is 5.69 Å². The molecule has 0 saturated carbocycles. The third kappa shape index (κ3) is 2.47. The van der Waals surface area contributed by atoms with Gasteiger partial charge in [-0.1, -0.05) is 27.7 Å². The van der Waals surface area contributed by atoms with Crippen molar-refractivity contribution in [2.75, 3.05) is 5.73 Å². The molecule has 1 heterocycles. The van der Waals surface area contributed by atoms with Gasteiger partial charge in [0.05, 0.1) is 5.69 Å². The van der Waals surface area contributed by atoms with Gasteiger partial charge in [0.2, 0.25) is 0 Å². The van der Waals surface area contributed by atoms with Crippen molar-refractivity contribution in [2.24, 2.45) is 11.8 Å². The van der Waals surface area contributed by atoms with Crippen LogP contribution in [0.2, 0.25) is 0 Å². The van der Waals surface area contributed by atoms with Gasteiger partial charge in [0.25, 0.3) is 0 Å². The molecule has 78 valence electrons. The fourth-order valence-corrected chi connectivity index (χ4v) is 2.20. The fraction of sp³-hybridized carbons (Fsp3) is 0.583. The van der Waals surface area contributed by atoms with E-state index in [0.29, 0.717) is 17.8 Å². The molecule has 14 heavy (non-hydrogen) atoms. The van der Waals surface area contributed by atoms with E-state index in [2.05, 4.69) is 32.7 Å². The van der Waals surface area contributed by atoms with Gasteiger partial charge in [0.1, 0.15) is 0 Å².